The van der Waals surface area contributed by atoms with Crippen LogP contribution in [0.4, 0.5) is 26.2 Å². The molecule has 34 heavy (non-hydrogen) atoms. The van der Waals surface area contributed by atoms with Crippen molar-refractivity contribution in [1.82, 2.24) is 24.5 Å². The number of thioether (sulfide) groups is 1. The van der Waals surface area contributed by atoms with Gasteiger partial charge in [0.15, 0.2) is 5.82 Å². The molecule has 1 aliphatic rings. The Morgan fingerprint density at radius 3 is 2.50 bits per heavy atom. The molecule has 5 rings (SSSR count). The normalized spacial score (nSPS) is 14.6. The van der Waals surface area contributed by atoms with Gasteiger partial charge in [0.1, 0.15) is 23.6 Å². The minimum Gasteiger partial charge on any atom is -0.341 e. The Kier molecular flexibility index (Phi) is 6.32. The zero-order valence-electron chi connectivity index (χ0n) is 19.0. The first-order chi connectivity index (χ1) is 16.6. The van der Waals surface area contributed by atoms with Crippen LogP contribution in [0, 0.1) is 11.6 Å². The summed E-state index contributed by atoms with van der Waals surface area (Å²) in [4.78, 5) is 20.5. The Balaban J connectivity index is 1.37. The fraction of sp³-hybridized carbons (Fsp3) is 0.333. The molecule has 4 aromatic rings. The number of nitrogens with zero attached hydrogens (tertiary/aromatic N) is 6. The number of hydrogen-bond acceptors (Lipinski definition) is 7. The van der Waals surface area contributed by atoms with Crippen LogP contribution in [0.5, 0.6) is 0 Å². The molecule has 0 unspecified atom stereocenters. The number of benzene rings is 1. The van der Waals surface area contributed by atoms with Crippen molar-refractivity contribution in [2.75, 3.05) is 29.6 Å². The van der Waals surface area contributed by atoms with Gasteiger partial charge in [-0.05, 0) is 49.3 Å². The molecule has 0 atom stereocenters. The Morgan fingerprint density at radius 1 is 1.06 bits per heavy atom. The van der Waals surface area contributed by atoms with Crippen molar-refractivity contribution in [3.8, 4) is 0 Å². The second-order valence-electron chi connectivity index (χ2n) is 8.24. The maximum atomic E-state index is 15.1. The lowest BCUT2D eigenvalue weighted by atomic mass is 10.1. The largest absolute Gasteiger partial charge is 0.341 e. The number of aromatic nitrogens is 5. The molecule has 7 nitrogen and oxygen atoms in total. The number of fused-ring (bicyclic) bond motifs is 1. The van der Waals surface area contributed by atoms with Crippen molar-refractivity contribution in [1.29, 1.82) is 0 Å². The lowest BCUT2D eigenvalue weighted by molar-refractivity contribution is 0.398. The number of anilines is 3. The quantitative estimate of drug-likeness (QED) is 0.371. The van der Waals surface area contributed by atoms with E-state index in [0.717, 1.165) is 48.8 Å². The van der Waals surface area contributed by atoms with Gasteiger partial charge in [-0.1, -0.05) is 6.92 Å². The molecule has 176 valence electrons. The molecule has 3 aromatic heterocycles. The van der Waals surface area contributed by atoms with E-state index in [0.29, 0.717) is 5.65 Å². The number of hydrogen-bond donors (Lipinski definition) is 1. The van der Waals surface area contributed by atoms with Gasteiger partial charge in [-0.25, -0.2) is 28.7 Å². The highest BCUT2D eigenvalue weighted by Gasteiger charge is 2.26. The lowest BCUT2D eigenvalue weighted by Gasteiger charge is -2.32. The third-order valence-electron chi connectivity index (χ3n) is 6.23. The summed E-state index contributed by atoms with van der Waals surface area (Å²) < 4.78 is 31.5. The molecule has 4 heterocycles. The van der Waals surface area contributed by atoms with Crippen LogP contribution >= 0.6 is 11.8 Å². The Morgan fingerprint density at radius 2 is 1.82 bits per heavy atom. The molecule has 1 saturated heterocycles. The standard InChI is InChI=1S/C24H25F2N7S/c1-3-15-11-27-24(28-12-15)32-8-6-16(7-9-32)33-13-19(26)21-22(29-14-30-23(21)33)31-20-5-4-17(34-2)10-18(20)25/h4-5,10-14,16H,3,6-9H2,1-2H3,(H,29,30,31). The molecule has 1 aromatic carbocycles. The number of aryl methyl sites for hydroxylation is 1. The van der Waals surface area contributed by atoms with E-state index in [1.54, 1.807) is 6.07 Å². The van der Waals surface area contributed by atoms with E-state index in [9.17, 15) is 4.39 Å². The van der Waals surface area contributed by atoms with E-state index < -0.39 is 11.6 Å². The van der Waals surface area contributed by atoms with Crippen LogP contribution in [-0.2, 0) is 6.42 Å². The molecule has 0 saturated carbocycles. The second kappa shape index (κ2) is 9.54. The zero-order valence-corrected chi connectivity index (χ0v) is 19.8. The van der Waals surface area contributed by atoms with Gasteiger partial charge in [0.25, 0.3) is 0 Å². The summed E-state index contributed by atoms with van der Waals surface area (Å²) in [6.07, 6.45) is 11.0. The van der Waals surface area contributed by atoms with Crippen LogP contribution < -0.4 is 10.2 Å². The van der Waals surface area contributed by atoms with E-state index in [2.05, 4.69) is 37.1 Å². The monoisotopic (exact) mass is 481 g/mol. The smallest absolute Gasteiger partial charge is 0.225 e. The van der Waals surface area contributed by atoms with E-state index in [1.165, 1.54) is 30.4 Å². The van der Waals surface area contributed by atoms with Gasteiger partial charge in [-0.2, -0.15) is 0 Å². The van der Waals surface area contributed by atoms with E-state index in [4.69, 9.17) is 0 Å². The first-order valence-corrected chi connectivity index (χ1v) is 12.5. The van der Waals surface area contributed by atoms with E-state index in [-0.39, 0.29) is 22.9 Å². The van der Waals surface area contributed by atoms with Crippen LogP contribution in [0.25, 0.3) is 11.0 Å². The number of halogens is 2. The highest BCUT2D eigenvalue weighted by molar-refractivity contribution is 7.98. The van der Waals surface area contributed by atoms with Crippen LogP contribution in [0.15, 0.2) is 48.0 Å². The van der Waals surface area contributed by atoms with Crippen molar-refractivity contribution >= 4 is 40.2 Å². The lowest BCUT2D eigenvalue weighted by Crippen LogP contribution is -2.35. The van der Waals surface area contributed by atoms with Crippen molar-refractivity contribution < 1.29 is 8.78 Å². The summed E-state index contributed by atoms with van der Waals surface area (Å²) >= 11 is 1.45. The number of rotatable bonds is 6. The zero-order chi connectivity index (χ0) is 23.7. The summed E-state index contributed by atoms with van der Waals surface area (Å²) in [7, 11) is 0. The molecule has 0 amide bonds. The molecular formula is C24H25F2N7S. The molecule has 0 spiro atoms. The van der Waals surface area contributed by atoms with E-state index in [1.807, 2.05) is 29.3 Å². The highest BCUT2D eigenvalue weighted by Crippen LogP contribution is 2.33. The second-order valence-corrected chi connectivity index (χ2v) is 9.12. The topological polar surface area (TPSA) is 71.8 Å². The van der Waals surface area contributed by atoms with Crippen molar-refractivity contribution in [3.05, 3.63) is 60.3 Å². The molecule has 0 radical (unpaired) electrons. The van der Waals surface area contributed by atoms with Gasteiger partial charge in [0.05, 0.1) is 11.1 Å². The number of piperidine rings is 1. The van der Waals surface area contributed by atoms with E-state index >= 15 is 4.39 Å². The average molecular weight is 482 g/mol. The summed E-state index contributed by atoms with van der Waals surface area (Å²) in [6.45, 7) is 3.60. The summed E-state index contributed by atoms with van der Waals surface area (Å²) in [5, 5.41) is 3.21. The fourth-order valence-electron chi connectivity index (χ4n) is 4.30. The molecular weight excluding hydrogens is 456 g/mol. The van der Waals surface area contributed by atoms with Gasteiger partial charge in [-0.15, -0.1) is 11.8 Å². The minimum absolute atomic E-state index is 0.0820. The summed E-state index contributed by atoms with van der Waals surface area (Å²) in [6, 6.07) is 4.97. The van der Waals surface area contributed by atoms with Crippen LogP contribution in [-0.4, -0.2) is 43.8 Å². The predicted octanol–water partition coefficient (Wildman–Crippen LogP) is 5.37. The third kappa shape index (κ3) is 4.29. The van der Waals surface area contributed by atoms with Crippen molar-refractivity contribution in [2.45, 2.75) is 37.1 Å². The molecule has 10 heteroatoms. The fourth-order valence-corrected chi connectivity index (χ4v) is 4.73. The van der Waals surface area contributed by atoms with Crippen molar-refractivity contribution in [2.24, 2.45) is 0 Å². The van der Waals surface area contributed by atoms with Gasteiger partial charge >= 0.3 is 0 Å². The molecule has 0 aliphatic carbocycles. The highest BCUT2D eigenvalue weighted by atomic mass is 32.2. The summed E-state index contributed by atoms with van der Waals surface area (Å²) in [5.74, 6) is 0.126. The van der Waals surface area contributed by atoms with Crippen molar-refractivity contribution in [3.63, 3.8) is 0 Å². The van der Waals surface area contributed by atoms with Crippen LogP contribution in [0.2, 0.25) is 0 Å². The van der Waals surface area contributed by atoms with Gasteiger partial charge < -0.3 is 14.8 Å². The molecule has 1 N–H and O–H groups in total. The Labute approximate surface area is 200 Å². The average Bonchev–Trinajstić information content (AvgIpc) is 3.22. The SMILES string of the molecule is CCc1cnc(N2CCC(n3cc(F)c4c(Nc5ccc(SC)cc5F)ncnc43)CC2)nc1. The first kappa shape index (κ1) is 22.5. The third-order valence-corrected chi connectivity index (χ3v) is 6.96. The molecule has 0 bridgehead atoms. The van der Waals surface area contributed by atoms with Crippen LogP contribution in [0.3, 0.4) is 0 Å². The number of nitrogens with one attached hydrogen (secondary N) is 1. The Bertz CT molecular complexity index is 1300. The molecule has 1 aliphatic heterocycles. The van der Waals surface area contributed by atoms with Crippen LogP contribution in [0.1, 0.15) is 31.4 Å². The van der Waals surface area contributed by atoms with Gasteiger partial charge in [-0.3, -0.25) is 0 Å². The maximum Gasteiger partial charge on any atom is 0.225 e. The first-order valence-electron chi connectivity index (χ1n) is 11.2. The predicted molar refractivity (Wildman–Crippen MR) is 131 cm³/mol. The Hall–Kier alpha value is -3.27. The van der Waals surface area contributed by atoms with Gasteiger partial charge in [0, 0.05) is 42.6 Å². The minimum atomic E-state index is -0.430. The molecule has 1 fully saturated rings. The maximum absolute atomic E-state index is 15.1. The summed E-state index contributed by atoms with van der Waals surface area (Å²) in [5.41, 5.74) is 1.85. The van der Waals surface area contributed by atoms with Gasteiger partial charge in [0.2, 0.25) is 5.95 Å².